The molecule has 0 radical (unpaired) electrons. The Balaban J connectivity index is 2.09. The normalized spacial score (nSPS) is 19.7. The van der Waals surface area contributed by atoms with Crippen LogP contribution < -0.4 is 0 Å². The van der Waals surface area contributed by atoms with Crippen LogP contribution in [0.1, 0.15) is 36.8 Å². The molecule has 8 heteroatoms. The number of benzene rings is 1. The zero-order chi connectivity index (χ0) is 17.3. The van der Waals surface area contributed by atoms with Crippen LogP contribution >= 0.6 is 0 Å². The highest BCUT2D eigenvalue weighted by Gasteiger charge is 2.48. The van der Waals surface area contributed by atoms with Gasteiger partial charge in [-0.25, -0.2) is 12.7 Å². The van der Waals surface area contributed by atoms with Crippen LogP contribution in [0.25, 0.3) is 0 Å². The fourth-order valence-electron chi connectivity index (χ4n) is 2.89. The average Bonchev–Trinajstić information content (AvgIpc) is 2.53. The minimum atomic E-state index is -4.76. The number of sulfonamides is 1. The molecule has 1 aromatic carbocycles. The Kier molecular flexibility index (Phi) is 5.37. The van der Waals surface area contributed by atoms with Gasteiger partial charge in [0.1, 0.15) is 0 Å². The molecule has 0 saturated carbocycles. The van der Waals surface area contributed by atoms with Crippen molar-refractivity contribution in [2.24, 2.45) is 0 Å². The molecule has 2 rings (SSSR count). The lowest BCUT2D eigenvalue weighted by molar-refractivity contribution is -0.127. The molecule has 1 heterocycles. The van der Waals surface area contributed by atoms with E-state index in [9.17, 15) is 26.7 Å². The highest BCUT2D eigenvalue weighted by molar-refractivity contribution is 7.89. The average molecular weight is 351 g/mol. The smallest absolute Gasteiger partial charge is 0.392 e. The van der Waals surface area contributed by atoms with E-state index in [-0.39, 0.29) is 25.6 Å². The lowest BCUT2D eigenvalue weighted by Gasteiger charge is -2.34. The standard InChI is InChI=1S/C15H20F3NO3S/c1-11(15(16,17)18)23(21,22)19-8-6-12(7-9-19)14-5-3-2-4-13(14)10-20/h2-5,11-12,20H,6-10H2,1H3. The lowest BCUT2D eigenvalue weighted by Crippen LogP contribution is -2.47. The van der Waals surface area contributed by atoms with Crippen molar-refractivity contribution >= 4 is 10.0 Å². The molecule has 0 amide bonds. The number of hydrogen-bond donors (Lipinski definition) is 1. The van der Waals surface area contributed by atoms with E-state index in [1.807, 2.05) is 12.1 Å². The SMILES string of the molecule is CC(C(F)(F)F)S(=O)(=O)N1CCC(c2ccccc2CO)CC1. The Bertz CT molecular complexity index is 638. The topological polar surface area (TPSA) is 57.6 Å². The number of alkyl halides is 3. The minimum Gasteiger partial charge on any atom is -0.392 e. The van der Waals surface area contributed by atoms with Crippen LogP contribution in [0.5, 0.6) is 0 Å². The summed E-state index contributed by atoms with van der Waals surface area (Å²) in [5.74, 6) is 0.0472. The monoisotopic (exact) mass is 351 g/mol. The van der Waals surface area contributed by atoms with Gasteiger partial charge in [0.05, 0.1) is 6.61 Å². The molecule has 1 aliphatic heterocycles. The maximum Gasteiger partial charge on any atom is 0.406 e. The predicted octanol–water partition coefficient (Wildman–Crippen LogP) is 2.64. The fourth-order valence-corrected chi connectivity index (χ4v) is 4.39. The molecule has 1 fully saturated rings. The molecule has 1 unspecified atom stereocenters. The van der Waals surface area contributed by atoms with Gasteiger partial charge in [-0.05, 0) is 36.8 Å². The van der Waals surface area contributed by atoms with E-state index in [0.29, 0.717) is 19.8 Å². The summed E-state index contributed by atoms with van der Waals surface area (Å²) in [5.41, 5.74) is 1.72. The van der Waals surface area contributed by atoms with Crippen molar-refractivity contribution in [1.29, 1.82) is 0 Å². The first-order chi connectivity index (χ1) is 10.7. The summed E-state index contributed by atoms with van der Waals surface area (Å²) >= 11 is 0. The van der Waals surface area contributed by atoms with Gasteiger partial charge >= 0.3 is 6.18 Å². The molecule has 1 N–H and O–H groups in total. The first-order valence-electron chi connectivity index (χ1n) is 7.42. The number of aliphatic hydroxyl groups is 1. The second kappa shape index (κ2) is 6.78. The van der Waals surface area contributed by atoms with Crippen molar-refractivity contribution < 1.29 is 26.7 Å². The Labute approximate surface area is 134 Å². The molecular weight excluding hydrogens is 331 g/mol. The summed E-state index contributed by atoms with van der Waals surface area (Å²) in [6.45, 7) is 0.697. The highest BCUT2D eigenvalue weighted by Crippen LogP contribution is 2.34. The number of hydrogen-bond acceptors (Lipinski definition) is 3. The summed E-state index contributed by atoms with van der Waals surface area (Å²) in [6, 6.07) is 7.31. The van der Waals surface area contributed by atoms with E-state index in [4.69, 9.17) is 0 Å². The second-order valence-corrected chi connectivity index (χ2v) is 8.01. The van der Waals surface area contributed by atoms with Crippen LogP contribution in [0.2, 0.25) is 0 Å². The van der Waals surface area contributed by atoms with E-state index < -0.39 is 21.4 Å². The van der Waals surface area contributed by atoms with Crippen LogP contribution in [0.15, 0.2) is 24.3 Å². The molecule has 0 bridgehead atoms. The number of aliphatic hydroxyl groups excluding tert-OH is 1. The van der Waals surface area contributed by atoms with Crippen molar-refractivity contribution in [3.63, 3.8) is 0 Å². The lowest BCUT2D eigenvalue weighted by atomic mass is 9.87. The van der Waals surface area contributed by atoms with Crippen LogP contribution in [0, 0.1) is 0 Å². The molecule has 23 heavy (non-hydrogen) atoms. The van der Waals surface area contributed by atoms with Gasteiger partial charge in [-0.15, -0.1) is 0 Å². The number of rotatable bonds is 4. The molecule has 1 aromatic rings. The summed E-state index contributed by atoms with van der Waals surface area (Å²) in [4.78, 5) is 0. The molecule has 1 aliphatic rings. The molecule has 0 aliphatic carbocycles. The van der Waals surface area contributed by atoms with Gasteiger partial charge in [0, 0.05) is 13.1 Å². The zero-order valence-electron chi connectivity index (χ0n) is 12.8. The van der Waals surface area contributed by atoms with Crippen molar-refractivity contribution in [1.82, 2.24) is 4.31 Å². The molecular formula is C15H20F3NO3S. The van der Waals surface area contributed by atoms with Crippen LogP contribution in [0.4, 0.5) is 13.2 Å². The third-order valence-electron chi connectivity index (χ3n) is 4.39. The molecule has 1 atom stereocenters. The quantitative estimate of drug-likeness (QED) is 0.907. The van der Waals surface area contributed by atoms with Crippen LogP contribution in [-0.4, -0.2) is 42.3 Å². The van der Waals surface area contributed by atoms with E-state index in [1.165, 1.54) is 0 Å². The van der Waals surface area contributed by atoms with Crippen molar-refractivity contribution in [3.05, 3.63) is 35.4 Å². The van der Waals surface area contributed by atoms with Crippen LogP contribution in [-0.2, 0) is 16.6 Å². The molecule has 4 nitrogen and oxygen atoms in total. The minimum absolute atomic E-state index is 0.0472. The van der Waals surface area contributed by atoms with Gasteiger partial charge in [-0.1, -0.05) is 24.3 Å². The van der Waals surface area contributed by atoms with E-state index in [1.54, 1.807) is 12.1 Å². The van der Waals surface area contributed by atoms with Gasteiger partial charge < -0.3 is 5.11 Å². The number of piperidine rings is 1. The number of halogens is 3. The Morgan fingerprint density at radius 2 is 1.83 bits per heavy atom. The Hall–Kier alpha value is -1.12. The third kappa shape index (κ3) is 3.87. The maximum absolute atomic E-state index is 12.7. The summed E-state index contributed by atoms with van der Waals surface area (Å²) in [6.07, 6.45) is -3.87. The molecule has 0 spiro atoms. The first kappa shape index (κ1) is 18.2. The van der Waals surface area contributed by atoms with Crippen LogP contribution in [0.3, 0.4) is 0 Å². The largest absolute Gasteiger partial charge is 0.406 e. The number of nitrogens with zero attached hydrogens (tertiary/aromatic N) is 1. The van der Waals surface area contributed by atoms with Gasteiger partial charge in [-0.3, -0.25) is 0 Å². The van der Waals surface area contributed by atoms with E-state index >= 15 is 0 Å². The second-order valence-electron chi connectivity index (χ2n) is 5.76. The van der Waals surface area contributed by atoms with Gasteiger partial charge in [-0.2, -0.15) is 13.2 Å². The first-order valence-corrected chi connectivity index (χ1v) is 8.92. The van der Waals surface area contributed by atoms with Gasteiger partial charge in [0.25, 0.3) is 0 Å². The highest BCUT2D eigenvalue weighted by atomic mass is 32.2. The Morgan fingerprint density at radius 3 is 2.35 bits per heavy atom. The Morgan fingerprint density at radius 1 is 1.26 bits per heavy atom. The molecule has 130 valence electrons. The van der Waals surface area contributed by atoms with Gasteiger partial charge in [0.2, 0.25) is 10.0 Å². The van der Waals surface area contributed by atoms with E-state index in [0.717, 1.165) is 15.4 Å². The summed E-state index contributed by atoms with van der Waals surface area (Å²) in [7, 11) is -4.38. The summed E-state index contributed by atoms with van der Waals surface area (Å²) < 4.78 is 63.2. The van der Waals surface area contributed by atoms with Crippen molar-refractivity contribution in [2.75, 3.05) is 13.1 Å². The third-order valence-corrected chi connectivity index (χ3v) is 6.63. The van der Waals surface area contributed by atoms with E-state index in [2.05, 4.69) is 0 Å². The molecule has 0 aromatic heterocycles. The predicted molar refractivity (Wildman–Crippen MR) is 80.3 cm³/mol. The maximum atomic E-state index is 12.7. The fraction of sp³-hybridized carbons (Fsp3) is 0.600. The van der Waals surface area contributed by atoms with Crippen molar-refractivity contribution in [2.45, 2.75) is 43.7 Å². The van der Waals surface area contributed by atoms with Crippen molar-refractivity contribution in [3.8, 4) is 0 Å². The summed E-state index contributed by atoms with van der Waals surface area (Å²) in [5, 5.41) is 6.97. The van der Waals surface area contributed by atoms with Gasteiger partial charge in [0.15, 0.2) is 5.25 Å². The zero-order valence-corrected chi connectivity index (χ0v) is 13.6. The molecule has 1 saturated heterocycles.